The number of urea groups is 1. The van der Waals surface area contributed by atoms with Gasteiger partial charge in [-0.1, -0.05) is 0 Å². The molecule has 0 unspecified atom stereocenters. The fourth-order valence-electron chi connectivity index (χ4n) is 5.81. The van der Waals surface area contributed by atoms with Gasteiger partial charge in [-0.3, -0.25) is 4.90 Å². The highest BCUT2D eigenvalue weighted by molar-refractivity contribution is 5.76. The molecule has 4 nitrogen and oxygen atoms in total. The maximum Gasteiger partial charge on any atom is 0.320 e. The Balaban J connectivity index is 1.51. The Hall–Kier alpha value is -1.69. The van der Waals surface area contributed by atoms with Crippen molar-refractivity contribution in [1.29, 1.82) is 0 Å². The van der Waals surface area contributed by atoms with Crippen LogP contribution in [0.15, 0.2) is 18.2 Å². The average molecular weight is 361 g/mol. The van der Waals surface area contributed by atoms with Crippen LogP contribution in [0.2, 0.25) is 0 Å². The number of carbonyl (C=O) groups is 1. The summed E-state index contributed by atoms with van der Waals surface area (Å²) in [6.07, 6.45) is 4.38. The van der Waals surface area contributed by atoms with Crippen molar-refractivity contribution in [3.05, 3.63) is 35.4 Å². The number of benzene rings is 1. The molecule has 2 bridgehead atoms. The summed E-state index contributed by atoms with van der Waals surface area (Å²) in [5.41, 5.74) is 0.696. The third kappa shape index (κ3) is 2.53. The Bertz CT molecular complexity index is 693. The molecule has 5 heterocycles. The molecule has 2 amide bonds. The van der Waals surface area contributed by atoms with Crippen molar-refractivity contribution >= 4 is 6.03 Å². The maximum atomic E-state index is 13.9. The Morgan fingerprint density at radius 2 is 1.58 bits per heavy atom. The van der Waals surface area contributed by atoms with Gasteiger partial charge in [0.2, 0.25) is 0 Å². The first-order chi connectivity index (χ1) is 12.6. The lowest BCUT2D eigenvalue weighted by atomic mass is 9.75. The quantitative estimate of drug-likeness (QED) is 0.769. The zero-order chi connectivity index (χ0) is 17.8. The summed E-state index contributed by atoms with van der Waals surface area (Å²) in [6.45, 7) is 4.30. The van der Waals surface area contributed by atoms with Crippen molar-refractivity contribution in [1.82, 2.24) is 14.7 Å². The Labute approximate surface area is 152 Å². The van der Waals surface area contributed by atoms with E-state index >= 15 is 0 Å². The van der Waals surface area contributed by atoms with Gasteiger partial charge in [-0.15, -0.1) is 0 Å². The smallest absolute Gasteiger partial charge is 0.320 e. The molecule has 3 atom stereocenters. The molecular weight excluding hydrogens is 336 g/mol. The fraction of sp³-hybridized carbons (Fsp3) is 0.650. The van der Waals surface area contributed by atoms with Crippen molar-refractivity contribution in [3.8, 4) is 0 Å². The predicted molar refractivity (Wildman–Crippen MR) is 93.9 cm³/mol. The number of amides is 2. The molecule has 5 aliphatic heterocycles. The third-order valence-corrected chi connectivity index (χ3v) is 6.93. The van der Waals surface area contributed by atoms with E-state index in [-0.39, 0.29) is 24.0 Å². The van der Waals surface area contributed by atoms with Crippen LogP contribution in [0.3, 0.4) is 0 Å². The third-order valence-electron chi connectivity index (χ3n) is 6.93. The first kappa shape index (κ1) is 16.5. The number of fused-ring (bicyclic) bond motifs is 2. The molecular formula is C20H25F2N3O. The maximum absolute atomic E-state index is 13.9. The summed E-state index contributed by atoms with van der Waals surface area (Å²) in [7, 11) is 0. The van der Waals surface area contributed by atoms with Crippen LogP contribution in [0.4, 0.5) is 13.6 Å². The number of piperidine rings is 3. The van der Waals surface area contributed by atoms with Crippen molar-refractivity contribution in [3.63, 3.8) is 0 Å². The van der Waals surface area contributed by atoms with E-state index in [9.17, 15) is 13.6 Å². The summed E-state index contributed by atoms with van der Waals surface area (Å²) in [6, 6.07) is 4.34. The van der Waals surface area contributed by atoms with Gasteiger partial charge in [0.25, 0.3) is 0 Å². The Morgan fingerprint density at radius 1 is 0.923 bits per heavy atom. The highest BCUT2D eigenvalue weighted by Crippen LogP contribution is 2.47. The molecule has 0 aromatic heterocycles. The van der Waals surface area contributed by atoms with Gasteiger partial charge < -0.3 is 9.80 Å². The van der Waals surface area contributed by atoms with Crippen LogP contribution in [-0.2, 0) is 0 Å². The minimum Gasteiger partial charge on any atom is -0.325 e. The minimum absolute atomic E-state index is 0.0140. The Kier molecular flexibility index (Phi) is 3.92. The Morgan fingerprint density at radius 3 is 2.23 bits per heavy atom. The second-order valence-electron chi connectivity index (χ2n) is 8.29. The number of hydrogen-bond acceptors (Lipinski definition) is 2. The van der Waals surface area contributed by atoms with Crippen molar-refractivity contribution < 1.29 is 13.6 Å². The van der Waals surface area contributed by atoms with E-state index in [0.29, 0.717) is 18.0 Å². The number of nitrogens with zero attached hydrogens (tertiary/aromatic N) is 3. The molecule has 5 fully saturated rings. The summed E-state index contributed by atoms with van der Waals surface area (Å²) in [5, 5.41) is 0. The number of carbonyl (C=O) groups excluding carboxylic acids is 1. The molecule has 0 N–H and O–H groups in total. The van der Waals surface area contributed by atoms with Gasteiger partial charge in [-0.05, 0) is 62.4 Å². The molecule has 5 aliphatic rings. The van der Waals surface area contributed by atoms with E-state index in [1.807, 2.05) is 9.80 Å². The van der Waals surface area contributed by atoms with E-state index in [1.54, 1.807) is 0 Å². The van der Waals surface area contributed by atoms with Crippen LogP contribution in [-0.4, -0.2) is 65.5 Å². The molecule has 1 aromatic carbocycles. The molecule has 5 saturated heterocycles. The van der Waals surface area contributed by atoms with Gasteiger partial charge in [-0.25, -0.2) is 13.6 Å². The largest absolute Gasteiger partial charge is 0.325 e. The average Bonchev–Trinajstić information content (AvgIpc) is 3.30. The molecule has 1 aromatic rings. The molecule has 26 heavy (non-hydrogen) atoms. The van der Waals surface area contributed by atoms with Crippen LogP contribution < -0.4 is 0 Å². The standard InChI is InChI=1S/C20H25F2N3O/c21-15-9-14(10-16(22)11-15)17-12-25(20(26)24-5-1-2-6-24)18-13-3-7-23(8-4-13)19(17)18/h9-11,13,17-19H,1-8,12H2/t17-,18-,19-/m1/s1. The first-order valence-electron chi connectivity index (χ1n) is 9.87. The summed E-state index contributed by atoms with van der Waals surface area (Å²) >= 11 is 0. The zero-order valence-corrected chi connectivity index (χ0v) is 14.9. The first-order valence-corrected chi connectivity index (χ1v) is 9.87. The highest BCUT2D eigenvalue weighted by Gasteiger charge is 2.55. The van der Waals surface area contributed by atoms with Gasteiger partial charge in [0.1, 0.15) is 11.6 Å². The SMILES string of the molecule is O=C(N1CCCC1)N1C[C@H](c2cc(F)cc(F)c2)[C@@H]2[C@H]1C1CCN2CC1. The molecule has 0 spiro atoms. The number of rotatable bonds is 1. The van der Waals surface area contributed by atoms with Gasteiger partial charge in [0.15, 0.2) is 0 Å². The van der Waals surface area contributed by atoms with E-state index in [4.69, 9.17) is 0 Å². The fourth-order valence-corrected chi connectivity index (χ4v) is 5.81. The van der Waals surface area contributed by atoms with E-state index < -0.39 is 11.6 Å². The van der Waals surface area contributed by atoms with Gasteiger partial charge in [-0.2, -0.15) is 0 Å². The van der Waals surface area contributed by atoms with E-state index in [0.717, 1.165) is 57.9 Å². The van der Waals surface area contributed by atoms with E-state index in [2.05, 4.69) is 4.90 Å². The van der Waals surface area contributed by atoms with Gasteiger partial charge >= 0.3 is 6.03 Å². The van der Waals surface area contributed by atoms with Crippen LogP contribution in [0.25, 0.3) is 0 Å². The normalized spacial score (nSPS) is 35.8. The zero-order valence-electron chi connectivity index (χ0n) is 14.9. The topological polar surface area (TPSA) is 26.8 Å². The second-order valence-corrected chi connectivity index (χ2v) is 8.29. The monoisotopic (exact) mass is 361 g/mol. The van der Waals surface area contributed by atoms with Crippen LogP contribution >= 0.6 is 0 Å². The van der Waals surface area contributed by atoms with Crippen molar-refractivity contribution in [2.75, 3.05) is 32.7 Å². The lowest BCUT2D eigenvalue weighted by Crippen LogP contribution is -2.61. The van der Waals surface area contributed by atoms with Crippen LogP contribution in [0.1, 0.15) is 37.2 Å². The number of likely N-dealkylation sites (tertiary alicyclic amines) is 2. The minimum atomic E-state index is -0.531. The number of halogens is 2. The molecule has 0 aliphatic carbocycles. The van der Waals surface area contributed by atoms with Crippen LogP contribution in [0.5, 0.6) is 0 Å². The molecule has 6 heteroatoms. The summed E-state index contributed by atoms with van der Waals surface area (Å²) in [5.74, 6) is -0.562. The highest BCUT2D eigenvalue weighted by atomic mass is 19.1. The van der Waals surface area contributed by atoms with Crippen molar-refractivity contribution in [2.45, 2.75) is 43.7 Å². The molecule has 0 saturated carbocycles. The lowest BCUT2D eigenvalue weighted by molar-refractivity contribution is 0.000164. The van der Waals surface area contributed by atoms with Crippen molar-refractivity contribution in [2.24, 2.45) is 5.92 Å². The molecule has 0 radical (unpaired) electrons. The van der Waals surface area contributed by atoms with Gasteiger partial charge in [0.05, 0.1) is 6.04 Å². The van der Waals surface area contributed by atoms with Crippen LogP contribution in [0, 0.1) is 17.6 Å². The summed E-state index contributed by atoms with van der Waals surface area (Å²) < 4.78 is 27.7. The second kappa shape index (κ2) is 6.19. The summed E-state index contributed by atoms with van der Waals surface area (Å²) in [4.78, 5) is 19.6. The van der Waals surface area contributed by atoms with E-state index in [1.165, 1.54) is 12.1 Å². The molecule has 6 rings (SSSR count). The number of hydrogen-bond donors (Lipinski definition) is 0. The lowest BCUT2D eigenvalue weighted by Gasteiger charge is -2.51. The molecule has 140 valence electrons. The van der Waals surface area contributed by atoms with Gasteiger partial charge in [0, 0.05) is 37.7 Å². The predicted octanol–water partition coefficient (Wildman–Crippen LogP) is 3.04.